The molecule has 0 bridgehead atoms. The third-order valence-corrected chi connectivity index (χ3v) is 5.76. The number of carbonyl (C=O) groups excluding carboxylic acids is 1. The van der Waals surface area contributed by atoms with Gasteiger partial charge in [-0.1, -0.05) is 0 Å². The van der Waals surface area contributed by atoms with Gasteiger partial charge in [-0.25, -0.2) is 9.78 Å². The number of anilines is 1. The lowest BCUT2D eigenvalue weighted by Gasteiger charge is -2.32. The zero-order chi connectivity index (χ0) is 18.1. The van der Waals surface area contributed by atoms with Gasteiger partial charge in [0.1, 0.15) is 5.69 Å². The molecule has 0 aromatic carbocycles. The maximum absolute atomic E-state index is 12.4. The molecule has 2 amide bonds. The molecule has 9 nitrogen and oxygen atoms in total. The molecule has 0 atom stereocenters. The minimum Gasteiger partial charge on any atom is -0.465 e. The molecule has 0 aliphatic carbocycles. The molecule has 0 unspecified atom stereocenters. The molecule has 1 saturated heterocycles. The number of hydrogen-bond donors (Lipinski definition) is 3. The van der Waals surface area contributed by atoms with Crippen LogP contribution >= 0.6 is 23.5 Å². The fourth-order valence-electron chi connectivity index (χ4n) is 2.71. The van der Waals surface area contributed by atoms with Crippen molar-refractivity contribution in [3.8, 4) is 0 Å². The van der Waals surface area contributed by atoms with Crippen molar-refractivity contribution in [1.29, 1.82) is 0 Å². The van der Waals surface area contributed by atoms with Gasteiger partial charge in [0, 0.05) is 49.7 Å². The zero-order valence-electron chi connectivity index (χ0n) is 13.6. The third-order valence-electron chi connectivity index (χ3n) is 4.11. The zero-order valence-corrected chi connectivity index (χ0v) is 15.2. The lowest BCUT2D eigenvalue weighted by molar-refractivity contribution is 0.0962. The molecule has 4 rings (SSSR count). The average Bonchev–Trinajstić information content (AvgIpc) is 3.31. The van der Waals surface area contributed by atoms with E-state index in [1.807, 2.05) is 33.8 Å². The Hall–Kier alpha value is -2.66. The number of piperazine rings is 1. The summed E-state index contributed by atoms with van der Waals surface area (Å²) in [5, 5.41) is 14.3. The van der Waals surface area contributed by atoms with Crippen LogP contribution in [0.2, 0.25) is 0 Å². The number of carbonyl (C=O) groups is 2. The molecule has 0 radical (unpaired) electrons. The van der Waals surface area contributed by atoms with E-state index in [9.17, 15) is 9.59 Å². The van der Waals surface area contributed by atoms with Crippen molar-refractivity contribution < 1.29 is 14.7 Å². The topological polar surface area (TPSA) is 101 Å². The summed E-state index contributed by atoms with van der Waals surface area (Å²) in [7, 11) is 0. The number of hydrogen-bond acceptors (Lipinski definition) is 8. The highest BCUT2D eigenvalue weighted by molar-refractivity contribution is 7.95. The molecule has 1 fully saturated rings. The largest absolute Gasteiger partial charge is 0.465 e. The predicted octanol–water partition coefficient (Wildman–Crippen LogP) is 1.39. The van der Waals surface area contributed by atoms with Crippen LogP contribution in [0.4, 0.5) is 9.93 Å². The number of nitrogens with one attached hydrogen (secondary N) is 2. The van der Waals surface area contributed by atoms with Gasteiger partial charge in [-0.05, 0) is 12.2 Å². The summed E-state index contributed by atoms with van der Waals surface area (Å²) in [4.78, 5) is 31.2. The van der Waals surface area contributed by atoms with Crippen LogP contribution in [0.5, 0.6) is 0 Å². The van der Waals surface area contributed by atoms with E-state index < -0.39 is 6.09 Å². The Morgan fingerprint density at radius 3 is 2.85 bits per heavy atom. The number of fused-ring (bicyclic) bond motifs is 1. The summed E-state index contributed by atoms with van der Waals surface area (Å²) in [5.74, 6) is -0.264. The second kappa shape index (κ2) is 6.92. The third kappa shape index (κ3) is 3.35. The van der Waals surface area contributed by atoms with E-state index in [4.69, 9.17) is 5.11 Å². The molecular weight excluding hydrogens is 376 g/mol. The van der Waals surface area contributed by atoms with Crippen LogP contribution in [0.15, 0.2) is 41.3 Å². The summed E-state index contributed by atoms with van der Waals surface area (Å²) in [6.45, 7) is 2.02. The number of nitrogens with zero attached hydrogens (tertiary/aromatic N) is 4. The van der Waals surface area contributed by atoms with Gasteiger partial charge >= 0.3 is 6.09 Å². The molecule has 4 heterocycles. The second-order valence-corrected chi connectivity index (χ2v) is 7.39. The lowest BCUT2D eigenvalue weighted by atomic mass is 10.2. The van der Waals surface area contributed by atoms with E-state index in [2.05, 4.69) is 15.0 Å². The number of carboxylic acid groups (broad SMARTS) is 1. The highest BCUT2D eigenvalue weighted by atomic mass is 32.2. The minimum absolute atomic E-state index is 0.264. The number of thiazole rings is 1. The first kappa shape index (κ1) is 16.8. The van der Waals surface area contributed by atoms with E-state index >= 15 is 0 Å². The van der Waals surface area contributed by atoms with Gasteiger partial charge < -0.3 is 24.9 Å². The Kier molecular flexibility index (Phi) is 4.47. The number of allylic oxidation sites excluding steroid dienone is 2. The van der Waals surface area contributed by atoms with Crippen LogP contribution in [0.25, 0.3) is 0 Å². The molecule has 0 saturated carbocycles. The Morgan fingerprint density at radius 2 is 2.08 bits per heavy atom. The Balaban J connectivity index is 1.38. The number of aromatic nitrogens is 1. The van der Waals surface area contributed by atoms with Crippen LogP contribution in [0.3, 0.4) is 0 Å². The molecule has 11 heteroatoms. The van der Waals surface area contributed by atoms with Gasteiger partial charge in [0.25, 0.3) is 5.91 Å². The summed E-state index contributed by atoms with van der Waals surface area (Å²) < 4.78 is 4.99. The maximum atomic E-state index is 12.4. The average molecular weight is 392 g/mol. The van der Waals surface area contributed by atoms with Crippen molar-refractivity contribution in [1.82, 2.24) is 24.2 Å². The molecule has 3 aliphatic rings. The number of amides is 2. The standard InChI is InChI=1S/C15H16N6O3S2/c22-13(17-10-1-2-21-11(7-10)8-16-26-21)12-9-25-14(18-12)19-3-5-20(6-4-19)15(23)24/h1-2,7-9,16H,3-6H2,(H,17,22)(H,23,24). The van der Waals surface area contributed by atoms with Crippen LogP contribution in [0.1, 0.15) is 10.5 Å². The first-order valence-corrected chi connectivity index (χ1v) is 9.57. The Morgan fingerprint density at radius 1 is 1.27 bits per heavy atom. The lowest BCUT2D eigenvalue weighted by Crippen LogP contribution is -2.48. The van der Waals surface area contributed by atoms with Crippen LogP contribution in [0, 0.1) is 0 Å². The minimum atomic E-state index is -0.901. The molecule has 1 aromatic rings. The first-order valence-electron chi connectivity index (χ1n) is 7.91. The summed E-state index contributed by atoms with van der Waals surface area (Å²) in [5.41, 5.74) is 2.02. The number of rotatable bonds is 3. The van der Waals surface area contributed by atoms with Gasteiger partial charge in [-0.2, -0.15) is 0 Å². The first-order chi connectivity index (χ1) is 12.6. The Bertz CT molecular complexity index is 825. The van der Waals surface area contributed by atoms with E-state index in [0.717, 1.165) is 10.8 Å². The fraction of sp³-hybridized carbons (Fsp3) is 0.267. The van der Waals surface area contributed by atoms with Gasteiger partial charge in [-0.15, -0.1) is 11.3 Å². The summed E-state index contributed by atoms with van der Waals surface area (Å²) in [6, 6.07) is 0. The predicted molar refractivity (Wildman–Crippen MR) is 99.3 cm³/mol. The van der Waals surface area contributed by atoms with Crippen molar-refractivity contribution in [2.24, 2.45) is 0 Å². The quantitative estimate of drug-likeness (QED) is 0.664. The molecular formula is C15H16N6O3S2. The van der Waals surface area contributed by atoms with Gasteiger partial charge in [0.05, 0.1) is 17.8 Å². The van der Waals surface area contributed by atoms with Crippen molar-refractivity contribution in [3.05, 3.63) is 47.0 Å². The van der Waals surface area contributed by atoms with E-state index in [1.54, 1.807) is 5.38 Å². The Labute approximate surface area is 157 Å². The van der Waals surface area contributed by atoms with Crippen LogP contribution in [-0.4, -0.2) is 57.5 Å². The molecule has 136 valence electrons. The van der Waals surface area contributed by atoms with Gasteiger partial charge in [0.2, 0.25) is 0 Å². The maximum Gasteiger partial charge on any atom is 0.407 e. The van der Waals surface area contributed by atoms with Crippen LogP contribution < -0.4 is 14.9 Å². The second-order valence-electron chi connectivity index (χ2n) is 5.75. The molecule has 26 heavy (non-hydrogen) atoms. The SMILES string of the molecule is O=C(NC1=CC2=CNSN2C=C1)c1csc(N2CCN(C(=O)O)CC2)n1. The monoisotopic (exact) mass is 392 g/mol. The fourth-order valence-corrected chi connectivity index (χ4v) is 4.19. The summed E-state index contributed by atoms with van der Waals surface area (Å²) in [6.07, 6.45) is 6.54. The van der Waals surface area contributed by atoms with Crippen molar-refractivity contribution >= 4 is 40.6 Å². The molecule has 1 aromatic heterocycles. The molecule has 3 aliphatic heterocycles. The molecule has 0 spiro atoms. The van der Waals surface area contributed by atoms with Crippen molar-refractivity contribution in [2.45, 2.75) is 0 Å². The van der Waals surface area contributed by atoms with E-state index in [0.29, 0.717) is 37.6 Å². The summed E-state index contributed by atoms with van der Waals surface area (Å²) >= 11 is 2.84. The van der Waals surface area contributed by atoms with Gasteiger partial charge in [-0.3, -0.25) is 9.10 Å². The van der Waals surface area contributed by atoms with Gasteiger partial charge in [0.15, 0.2) is 5.13 Å². The highest BCUT2D eigenvalue weighted by Gasteiger charge is 2.23. The van der Waals surface area contributed by atoms with E-state index in [-0.39, 0.29) is 5.91 Å². The van der Waals surface area contributed by atoms with Crippen molar-refractivity contribution in [3.63, 3.8) is 0 Å². The highest BCUT2D eigenvalue weighted by Crippen LogP contribution is 2.27. The smallest absolute Gasteiger partial charge is 0.407 e. The van der Waals surface area contributed by atoms with Crippen molar-refractivity contribution in [2.75, 3.05) is 31.1 Å². The van der Waals surface area contributed by atoms with Crippen LogP contribution in [-0.2, 0) is 0 Å². The van der Waals surface area contributed by atoms with E-state index in [1.165, 1.54) is 28.4 Å². The molecule has 3 N–H and O–H groups in total. The normalized spacial score (nSPS) is 18.8.